The van der Waals surface area contributed by atoms with Crippen molar-refractivity contribution < 1.29 is 8.42 Å². The Kier molecular flexibility index (Phi) is 5.79. The van der Waals surface area contributed by atoms with Crippen molar-refractivity contribution in [2.45, 2.75) is 32.7 Å². The molecule has 0 aliphatic carbocycles. The summed E-state index contributed by atoms with van der Waals surface area (Å²) in [5.41, 5.74) is 0. The SMILES string of the molecule is CCNC(CCCS(=O)(=O)CC)c1cc2ccccc2s1. The molecule has 1 atom stereocenters. The van der Waals surface area contributed by atoms with E-state index in [4.69, 9.17) is 0 Å². The lowest BCUT2D eigenvalue weighted by Crippen LogP contribution is -2.21. The smallest absolute Gasteiger partial charge is 0.150 e. The van der Waals surface area contributed by atoms with Gasteiger partial charge in [-0.25, -0.2) is 8.42 Å². The summed E-state index contributed by atoms with van der Waals surface area (Å²) in [7, 11) is -2.86. The molecule has 1 aromatic heterocycles. The first-order valence-electron chi connectivity index (χ1n) is 7.48. The van der Waals surface area contributed by atoms with Crippen LogP contribution in [0, 0.1) is 0 Å². The van der Waals surface area contributed by atoms with Crippen molar-refractivity contribution in [3.8, 4) is 0 Å². The third-order valence-electron chi connectivity index (χ3n) is 3.63. The highest BCUT2D eigenvalue weighted by atomic mass is 32.2. The molecule has 1 N–H and O–H groups in total. The highest BCUT2D eigenvalue weighted by molar-refractivity contribution is 7.91. The van der Waals surface area contributed by atoms with E-state index in [1.807, 2.05) is 0 Å². The van der Waals surface area contributed by atoms with Crippen LogP contribution in [0.1, 0.15) is 37.6 Å². The molecule has 0 spiro atoms. The fourth-order valence-electron chi connectivity index (χ4n) is 2.42. The van der Waals surface area contributed by atoms with Gasteiger partial charge in [0, 0.05) is 21.4 Å². The first-order valence-corrected chi connectivity index (χ1v) is 10.1. The normalized spacial score (nSPS) is 13.6. The lowest BCUT2D eigenvalue weighted by atomic mass is 10.1. The Bertz CT molecular complexity index is 643. The van der Waals surface area contributed by atoms with Crippen molar-refractivity contribution in [2.24, 2.45) is 0 Å². The second kappa shape index (κ2) is 7.38. The standard InChI is InChI=1S/C16H23NO2S2/c1-3-17-14(9-7-11-21(18,19)4-2)16-12-13-8-5-6-10-15(13)20-16/h5-6,8,10,12,14,17H,3-4,7,9,11H2,1-2H3. The van der Waals surface area contributed by atoms with Crippen LogP contribution in [0.4, 0.5) is 0 Å². The second-order valence-corrected chi connectivity index (χ2v) is 8.76. The zero-order chi connectivity index (χ0) is 15.3. The Morgan fingerprint density at radius 1 is 1.24 bits per heavy atom. The van der Waals surface area contributed by atoms with E-state index in [0.29, 0.717) is 6.42 Å². The van der Waals surface area contributed by atoms with Gasteiger partial charge in [0.05, 0.1) is 5.75 Å². The van der Waals surface area contributed by atoms with Gasteiger partial charge in [0.15, 0.2) is 0 Å². The minimum Gasteiger partial charge on any atom is -0.310 e. The second-order valence-electron chi connectivity index (χ2n) is 5.18. The molecule has 5 heteroatoms. The van der Waals surface area contributed by atoms with Gasteiger partial charge >= 0.3 is 0 Å². The molecule has 0 fully saturated rings. The van der Waals surface area contributed by atoms with E-state index >= 15 is 0 Å². The summed E-state index contributed by atoms with van der Waals surface area (Å²) < 4.78 is 24.5. The van der Waals surface area contributed by atoms with Gasteiger partial charge in [-0.15, -0.1) is 11.3 Å². The van der Waals surface area contributed by atoms with Gasteiger partial charge in [0.1, 0.15) is 9.84 Å². The topological polar surface area (TPSA) is 46.2 Å². The maximum Gasteiger partial charge on any atom is 0.150 e. The summed E-state index contributed by atoms with van der Waals surface area (Å²) in [5.74, 6) is 0.526. The van der Waals surface area contributed by atoms with Crippen LogP contribution in [0.2, 0.25) is 0 Å². The first kappa shape index (κ1) is 16.5. The van der Waals surface area contributed by atoms with Gasteiger partial charge in [-0.3, -0.25) is 0 Å². The molecule has 116 valence electrons. The summed E-state index contributed by atoms with van der Waals surface area (Å²) in [5, 5.41) is 4.75. The van der Waals surface area contributed by atoms with Gasteiger partial charge in [0.25, 0.3) is 0 Å². The van der Waals surface area contributed by atoms with Crippen molar-refractivity contribution in [3.63, 3.8) is 0 Å². The number of hydrogen-bond acceptors (Lipinski definition) is 4. The fraction of sp³-hybridized carbons (Fsp3) is 0.500. The molecule has 0 aliphatic heterocycles. The van der Waals surface area contributed by atoms with E-state index in [0.717, 1.165) is 13.0 Å². The highest BCUT2D eigenvalue weighted by Gasteiger charge is 2.15. The molecule has 1 aromatic carbocycles. The Morgan fingerprint density at radius 3 is 2.67 bits per heavy atom. The third-order valence-corrected chi connectivity index (χ3v) is 6.65. The van der Waals surface area contributed by atoms with Crippen LogP contribution in [0.5, 0.6) is 0 Å². The Hall–Kier alpha value is -0.910. The van der Waals surface area contributed by atoms with Crippen molar-refractivity contribution >= 4 is 31.3 Å². The number of sulfone groups is 1. The largest absolute Gasteiger partial charge is 0.310 e. The molecule has 0 saturated heterocycles. The van der Waals surface area contributed by atoms with Crippen LogP contribution in [-0.2, 0) is 9.84 Å². The molecule has 1 unspecified atom stereocenters. The van der Waals surface area contributed by atoms with Crippen LogP contribution in [0.3, 0.4) is 0 Å². The lowest BCUT2D eigenvalue weighted by Gasteiger charge is -2.16. The van der Waals surface area contributed by atoms with Crippen LogP contribution >= 0.6 is 11.3 Å². The predicted molar refractivity (Wildman–Crippen MR) is 91.8 cm³/mol. The average molecular weight is 325 g/mol. The number of hydrogen-bond donors (Lipinski definition) is 1. The van der Waals surface area contributed by atoms with Crippen molar-refractivity contribution in [1.29, 1.82) is 0 Å². The zero-order valence-corrected chi connectivity index (χ0v) is 14.3. The van der Waals surface area contributed by atoms with Crippen molar-refractivity contribution in [3.05, 3.63) is 35.2 Å². The first-order chi connectivity index (χ1) is 10.1. The molecule has 3 nitrogen and oxygen atoms in total. The van der Waals surface area contributed by atoms with Crippen LogP contribution in [-0.4, -0.2) is 26.5 Å². The molecule has 0 aliphatic rings. The highest BCUT2D eigenvalue weighted by Crippen LogP contribution is 2.31. The Morgan fingerprint density at radius 2 is 2.00 bits per heavy atom. The minimum atomic E-state index is -2.86. The third kappa shape index (κ3) is 4.53. The summed E-state index contributed by atoms with van der Waals surface area (Å²) >= 11 is 1.80. The molecule has 2 rings (SSSR count). The van der Waals surface area contributed by atoms with Crippen molar-refractivity contribution in [2.75, 3.05) is 18.1 Å². The zero-order valence-electron chi connectivity index (χ0n) is 12.6. The monoisotopic (exact) mass is 325 g/mol. The van der Waals surface area contributed by atoms with E-state index in [-0.39, 0.29) is 17.5 Å². The average Bonchev–Trinajstić information content (AvgIpc) is 2.90. The fourth-order valence-corrected chi connectivity index (χ4v) is 4.49. The van der Waals surface area contributed by atoms with Crippen LogP contribution < -0.4 is 5.32 Å². The van der Waals surface area contributed by atoms with Crippen molar-refractivity contribution in [1.82, 2.24) is 5.32 Å². The van der Waals surface area contributed by atoms with Crippen LogP contribution in [0.15, 0.2) is 30.3 Å². The molecule has 21 heavy (non-hydrogen) atoms. The Labute approximate surface area is 131 Å². The Balaban J connectivity index is 2.07. The van der Waals surface area contributed by atoms with Gasteiger partial charge in [-0.1, -0.05) is 32.0 Å². The summed E-state index contributed by atoms with van der Waals surface area (Å²) in [6.45, 7) is 4.69. The number of benzene rings is 1. The van der Waals surface area contributed by atoms with E-state index in [9.17, 15) is 8.42 Å². The van der Waals surface area contributed by atoms with Crippen LogP contribution in [0.25, 0.3) is 10.1 Å². The summed E-state index contributed by atoms with van der Waals surface area (Å²) in [4.78, 5) is 1.30. The number of thiophene rings is 1. The summed E-state index contributed by atoms with van der Waals surface area (Å²) in [6, 6.07) is 10.8. The molecular weight excluding hydrogens is 302 g/mol. The molecule has 2 aromatic rings. The molecule has 1 heterocycles. The quantitative estimate of drug-likeness (QED) is 0.803. The molecule has 0 radical (unpaired) electrons. The predicted octanol–water partition coefficient (Wildman–Crippen LogP) is 3.77. The van der Waals surface area contributed by atoms with E-state index in [2.05, 4.69) is 42.6 Å². The van der Waals surface area contributed by atoms with Gasteiger partial charge in [-0.05, 0) is 36.9 Å². The number of nitrogens with one attached hydrogen (secondary N) is 1. The molecule has 0 bridgehead atoms. The van der Waals surface area contributed by atoms with E-state index in [1.54, 1.807) is 18.3 Å². The summed E-state index contributed by atoms with van der Waals surface area (Å²) in [6.07, 6.45) is 1.57. The van der Waals surface area contributed by atoms with Gasteiger partial charge in [-0.2, -0.15) is 0 Å². The van der Waals surface area contributed by atoms with Gasteiger partial charge < -0.3 is 5.32 Å². The number of rotatable bonds is 8. The molecular formula is C16H23NO2S2. The van der Waals surface area contributed by atoms with Gasteiger partial charge in [0.2, 0.25) is 0 Å². The van der Waals surface area contributed by atoms with E-state index in [1.165, 1.54) is 15.0 Å². The van der Waals surface area contributed by atoms with E-state index < -0.39 is 9.84 Å². The maximum absolute atomic E-state index is 11.6. The number of fused-ring (bicyclic) bond motifs is 1. The molecule has 0 amide bonds. The molecule has 0 saturated carbocycles. The lowest BCUT2D eigenvalue weighted by molar-refractivity contribution is 0.513. The minimum absolute atomic E-state index is 0.238. The maximum atomic E-state index is 11.6.